The zero-order valence-corrected chi connectivity index (χ0v) is 14.6. The number of carbonyl (C=O) groups excluding carboxylic acids is 1. The van der Waals surface area contributed by atoms with Crippen LogP contribution in [0.5, 0.6) is 0 Å². The molecule has 1 aromatic heterocycles. The van der Waals surface area contributed by atoms with Crippen LogP contribution in [0.3, 0.4) is 0 Å². The molecule has 0 aliphatic heterocycles. The summed E-state index contributed by atoms with van der Waals surface area (Å²) in [6.07, 6.45) is 1.47. The highest BCUT2D eigenvalue weighted by Gasteiger charge is 2.19. The highest BCUT2D eigenvalue weighted by molar-refractivity contribution is 9.10. The largest absolute Gasteiger partial charge is 0.396 e. The molecular weight excluding hydrogens is 414 g/mol. The number of nitrogens with one attached hydrogen (secondary N) is 1. The third-order valence-corrected chi connectivity index (χ3v) is 4.42. The first-order valence-corrected chi connectivity index (χ1v) is 7.72. The number of halogens is 4. The van der Waals surface area contributed by atoms with Crippen molar-refractivity contribution in [1.29, 1.82) is 0 Å². The fourth-order valence-electron chi connectivity index (χ4n) is 1.47. The molecule has 0 radical (unpaired) electrons. The molecule has 0 unspecified atom stereocenters. The Morgan fingerprint density at radius 2 is 1.95 bits per heavy atom. The van der Waals surface area contributed by atoms with Gasteiger partial charge in [0.15, 0.2) is 10.8 Å². The van der Waals surface area contributed by atoms with Crippen molar-refractivity contribution in [3.63, 3.8) is 0 Å². The summed E-state index contributed by atoms with van der Waals surface area (Å²) in [5.41, 5.74) is 8.56. The highest BCUT2D eigenvalue weighted by Crippen LogP contribution is 2.34. The van der Waals surface area contributed by atoms with E-state index in [4.69, 9.17) is 40.5 Å². The zero-order chi connectivity index (χ0) is 16.3. The second kappa shape index (κ2) is 7.28. The van der Waals surface area contributed by atoms with Crippen molar-refractivity contribution >= 4 is 68.5 Å². The maximum atomic E-state index is 12.0. The van der Waals surface area contributed by atoms with Crippen LogP contribution in [0.1, 0.15) is 16.1 Å². The Balaban J connectivity index is 2.19. The van der Waals surface area contributed by atoms with E-state index in [1.165, 1.54) is 6.21 Å². The van der Waals surface area contributed by atoms with Gasteiger partial charge in [-0.05, 0) is 6.07 Å². The van der Waals surface area contributed by atoms with Crippen molar-refractivity contribution in [3.8, 4) is 0 Å². The van der Waals surface area contributed by atoms with Gasteiger partial charge >= 0.3 is 0 Å². The molecule has 0 fully saturated rings. The SMILES string of the molecule is Nc1c(Cl)c(Cl)nc(C(=O)NN=Cc2ccccc2Br)c1Cl. The molecule has 2 rings (SSSR count). The number of pyridine rings is 1. The summed E-state index contributed by atoms with van der Waals surface area (Å²) in [5, 5.41) is 3.64. The van der Waals surface area contributed by atoms with Gasteiger partial charge in [0.1, 0.15) is 5.02 Å². The standard InChI is InChI=1S/C13H8BrCl3N4O/c14-7-4-2-1-3-6(7)5-19-21-13(22)11-8(15)10(18)9(16)12(17)20-11/h1-5H,(H2,18,20)(H,21,22). The minimum Gasteiger partial charge on any atom is -0.396 e. The van der Waals surface area contributed by atoms with Crippen LogP contribution in [0, 0.1) is 0 Å². The van der Waals surface area contributed by atoms with E-state index in [9.17, 15) is 4.79 Å². The number of aromatic nitrogens is 1. The van der Waals surface area contributed by atoms with Gasteiger partial charge in [-0.2, -0.15) is 5.10 Å². The van der Waals surface area contributed by atoms with E-state index >= 15 is 0 Å². The summed E-state index contributed by atoms with van der Waals surface area (Å²) in [4.78, 5) is 15.8. The van der Waals surface area contributed by atoms with E-state index in [0.717, 1.165) is 10.0 Å². The average molecular weight is 422 g/mol. The minimum atomic E-state index is -0.654. The predicted octanol–water partition coefficient (Wildman–Crippen LogP) is 4.15. The highest BCUT2D eigenvalue weighted by atomic mass is 79.9. The van der Waals surface area contributed by atoms with E-state index in [1.54, 1.807) is 0 Å². The number of anilines is 1. The zero-order valence-electron chi connectivity index (χ0n) is 10.8. The summed E-state index contributed by atoms with van der Waals surface area (Å²) < 4.78 is 0.836. The molecule has 0 aliphatic carbocycles. The number of benzene rings is 1. The van der Waals surface area contributed by atoms with Gasteiger partial charge in [0.25, 0.3) is 5.91 Å². The van der Waals surface area contributed by atoms with Crippen LogP contribution >= 0.6 is 50.7 Å². The molecule has 9 heteroatoms. The molecule has 2 aromatic rings. The molecule has 22 heavy (non-hydrogen) atoms. The van der Waals surface area contributed by atoms with Gasteiger partial charge in [0, 0.05) is 10.0 Å². The number of nitrogens with two attached hydrogens (primary N) is 1. The van der Waals surface area contributed by atoms with E-state index in [-0.39, 0.29) is 26.6 Å². The first-order valence-electron chi connectivity index (χ1n) is 5.79. The van der Waals surface area contributed by atoms with Crippen molar-refractivity contribution in [1.82, 2.24) is 10.4 Å². The van der Waals surface area contributed by atoms with E-state index in [1.807, 2.05) is 24.3 Å². The molecule has 5 nitrogen and oxygen atoms in total. The number of nitrogen functional groups attached to an aromatic ring is 1. The summed E-state index contributed by atoms with van der Waals surface area (Å²) in [5.74, 6) is -0.654. The lowest BCUT2D eigenvalue weighted by atomic mass is 10.2. The lowest BCUT2D eigenvalue weighted by Gasteiger charge is -2.07. The molecule has 0 bridgehead atoms. The normalized spacial score (nSPS) is 10.9. The monoisotopic (exact) mass is 420 g/mol. The Hall–Kier alpha value is -1.34. The molecule has 1 aromatic carbocycles. The van der Waals surface area contributed by atoms with E-state index < -0.39 is 5.91 Å². The molecule has 1 amide bonds. The number of nitrogens with zero attached hydrogens (tertiary/aromatic N) is 2. The van der Waals surface area contributed by atoms with Crippen molar-refractivity contribution in [3.05, 3.63) is 55.2 Å². The van der Waals surface area contributed by atoms with Crippen LogP contribution in [0.4, 0.5) is 5.69 Å². The van der Waals surface area contributed by atoms with Gasteiger partial charge < -0.3 is 5.73 Å². The van der Waals surface area contributed by atoms with Crippen LogP contribution in [-0.4, -0.2) is 17.1 Å². The summed E-state index contributed by atoms with van der Waals surface area (Å²) in [7, 11) is 0. The smallest absolute Gasteiger partial charge is 0.291 e. The predicted molar refractivity (Wildman–Crippen MR) is 92.9 cm³/mol. The van der Waals surface area contributed by atoms with E-state index in [2.05, 4.69) is 31.4 Å². The van der Waals surface area contributed by atoms with Crippen LogP contribution in [-0.2, 0) is 0 Å². The molecule has 3 N–H and O–H groups in total. The second-order valence-electron chi connectivity index (χ2n) is 4.01. The number of carbonyl (C=O) groups is 1. The number of rotatable bonds is 3. The Kier molecular flexibility index (Phi) is 5.63. The number of hydrazone groups is 1. The topological polar surface area (TPSA) is 80.4 Å². The minimum absolute atomic E-state index is 0.0000610. The molecule has 0 saturated heterocycles. The molecule has 114 valence electrons. The van der Waals surface area contributed by atoms with E-state index in [0.29, 0.717) is 0 Å². The van der Waals surface area contributed by atoms with Crippen LogP contribution in [0.2, 0.25) is 15.2 Å². The molecule has 0 aliphatic rings. The summed E-state index contributed by atoms with van der Waals surface area (Å²) in [6, 6.07) is 7.37. The quantitative estimate of drug-likeness (QED) is 0.443. The third kappa shape index (κ3) is 3.70. The molecule has 1 heterocycles. The first kappa shape index (κ1) is 17.0. The Bertz CT molecular complexity index is 767. The lowest BCUT2D eigenvalue weighted by molar-refractivity contribution is 0.0950. The van der Waals surface area contributed by atoms with Gasteiger partial charge in [0.2, 0.25) is 0 Å². The Morgan fingerprint density at radius 1 is 1.27 bits per heavy atom. The van der Waals surface area contributed by atoms with Gasteiger partial charge in [0.05, 0.1) is 16.9 Å². The van der Waals surface area contributed by atoms with Gasteiger partial charge in [-0.1, -0.05) is 68.9 Å². The number of hydrogen-bond acceptors (Lipinski definition) is 4. The van der Waals surface area contributed by atoms with Crippen molar-refractivity contribution in [2.24, 2.45) is 5.10 Å². The van der Waals surface area contributed by atoms with Crippen molar-refractivity contribution < 1.29 is 4.79 Å². The maximum Gasteiger partial charge on any atom is 0.291 e. The second-order valence-corrected chi connectivity index (χ2v) is 5.98. The fraction of sp³-hybridized carbons (Fsp3) is 0. The van der Waals surface area contributed by atoms with Crippen molar-refractivity contribution in [2.75, 3.05) is 5.73 Å². The number of amides is 1. The van der Waals surface area contributed by atoms with Gasteiger partial charge in [-0.15, -0.1) is 0 Å². The third-order valence-electron chi connectivity index (χ3n) is 2.56. The summed E-state index contributed by atoms with van der Waals surface area (Å²) >= 11 is 20.9. The first-order chi connectivity index (χ1) is 10.4. The van der Waals surface area contributed by atoms with Crippen LogP contribution in [0.15, 0.2) is 33.8 Å². The fourth-order valence-corrected chi connectivity index (χ4v) is 2.46. The molecule has 0 atom stereocenters. The number of hydrogen-bond donors (Lipinski definition) is 2. The molecule has 0 spiro atoms. The van der Waals surface area contributed by atoms with Crippen LogP contribution < -0.4 is 11.2 Å². The molecule has 0 saturated carbocycles. The average Bonchev–Trinajstić information content (AvgIpc) is 2.50. The van der Waals surface area contributed by atoms with Gasteiger partial charge in [-0.3, -0.25) is 4.79 Å². The Labute approximate surface area is 149 Å². The van der Waals surface area contributed by atoms with Crippen molar-refractivity contribution in [2.45, 2.75) is 0 Å². The van der Waals surface area contributed by atoms with Crippen LogP contribution in [0.25, 0.3) is 0 Å². The molecular formula is C13H8BrCl3N4O. The lowest BCUT2D eigenvalue weighted by Crippen LogP contribution is -2.20. The maximum absolute atomic E-state index is 12.0. The van der Waals surface area contributed by atoms with Gasteiger partial charge in [-0.25, -0.2) is 10.4 Å². The Morgan fingerprint density at radius 3 is 2.64 bits per heavy atom. The summed E-state index contributed by atoms with van der Waals surface area (Å²) in [6.45, 7) is 0.